The van der Waals surface area contributed by atoms with Gasteiger partial charge < -0.3 is 20.5 Å². The third kappa shape index (κ3) is 1.26. The minimum atomic E-state index is -1.16. The summed E-state index contributed by atoms with van der Waals surface area (Å²) < 4.78 is 0.109. The normalized spacial score (nSPS) is 10.0. The Morgan fingerprint density at radius 2 is 2.08 bits per heavy atom. The predicted octanol–water partition coefficient (Wildman–Crippen LogP) is -0.236. The molecule has 12 heavy (non-hydrogen) atoms. The molecule has 0 amide bonds. The predicted molar refractivity (Wildman–Crippen MR) is 36.3 cm³/mol. The Morgan fingerprint density at radius 3 is 2.42 bits per heavy atom. The highest BCUT2D eigenvalue weighted by atomic mass is 16.5. The zero-order chi connectivity index (χ0) is 9.30. The summed E-state index contributed by atoms with van der Waals surface area (Å²) in [6, 6.07) is 0.976. The van der Waals surface area contributed by atoms with Gasteiger partial charge in [0.15, 0.2) is 0 Å². The van der Waals surface area contributed by atoms with Crippen molar-refractivity contribution < 1.29 is 25.3 Å². The van der Waals surface area contributed by atoms with Crippen LogP contribution >= 0.6 is 0 Å². The molecule has 0 aliphatic carbocycles. The summed E-state index contributed by atoms with van der Waals surface area (Å²) in [5.41, 5.74) is -0.0394. The maximum Gasteiger partial charge on any atom is 0.308 e. The van der Waals surface area contributed by atoms with Crippen LogP contribution in [0.3, 0.4) is 0 Å². The summed E-state index contributed by atoms with van der Waals surface area (Å²) in [6.07, 6.45) is -0.451. The molecule has 1 rings (SSSR count). The van der Waals surface area contributed by atoms with Crippen molar-refractivity contribution in [1.29, 1.82) is 0 Å². The van der Waals surface area contributed by atoms with Gasteiger partial charge in [-0.25, -0.2) is 0 Å². The number of nitrogens with zero attached hydrogens (tertiary/aromatic N) is 1. The van der Waals surface area contributed by atoms with E-state index in [0.717, 1.165) is 6.07 Å². The number of hydrogen-bond acceptors (Lipinski definition) is 4. The van der Waals surface area contributed by atoms with Gasteiger partial charge in [0.05, 0.1) is 6.42 Å². The highest BCUT2D eigenvalue weighted by Gasteiger charge is 2.14. The molecule has 6 nitrogen and oxygen atoms in total. The van der Waals surface area contributed by atoms with Crippen molar-refractivity contribution in [2.75, 3.05) is 0 Å². The van der Waals surface area contributed by atoms with E-state index in [1.54, 1.807) is 0 Å². The summed E-state index contributed by atoms with van der Waals surface area (Å²) in [7, 11) is 0. The fraction of sp³-hybridized carbons (Fsp3) is 0.167. The van der Waals surface area contributed by atoms with Crippen LogP contribution in [0, 0.1) is 0 Å². The van der Waals surface area contributed by atoms with Crippen molar-refractivity contribution in [3.05, 3.63) is 11.6 Å². The summed E-state index contributed by atoms with van der Waals surface area (Å²) >= 11 is 0. The molecule has 0 aromatic carbocycles. The molecule has 0 saturated carbocycles. The van der Waals surface area contributed by atoms with E-state index in [9.17, 15) is 4.79 Å². The number of carboxylic acid groups (broad SMARTS) is 1. The third-order valence-electron chi connectivity index (χ3n) is 1.35. The molecule has 0 fully saturated rings. The van der Waals surface area contributed by atoms with Gasteiger partial charge in [-0.05, 0) is 0 Å². The minimum Gasteiger partial charge on any atom is -0.492 e. The third-order valence-corrected chi connectivity index (χ3v) is 1.35. The molecule has 1 aromatic rings. The lowest BCUT2D eigenvalue weighted by molar-refractivity contribution is -0.136. The van der Waals surface area contributed by atoms with E-state index in [4.69, 9.17) is 20.5 Å². The van der Waals surface area contributed by atoms with E-state index >= 15 is 0 Å². The van der Waals surface area contributed by atoms with E-state index in [0.29, 0.717) is 0 Å². The number of carboxylic acids is 1. The molecule has 0 aliphatic heterocycles. The summed E-state index contributed by atoms with van der Waals surface area (Å²) in [6.45, 7) is 0. The van der Waals surface area contributed by atoms with E-state index < -0.39 is 24.2 Å². The van der Waals surface area contributed by atoms with E-state index in [2.05, 4.69) is 0 Å². The molecule has 0 atom stereocenters. The molecule has 0 saturated heterocycles. The zero-order valence-corrected chi connectivity index (χ0v) is 5.93. The van der Waals surface area contributed by atoms with Crippen LogP contribution in [0.5, 0.6) is 11.8 Å². The van der Waals surface area contributed by atoms with Crippen molar-refractivity contribution in [2.45, 2.75) is 6.42 Å². The van der Waals surface area contributed by atoms with Crippen LogP contribution < -0.4 is 0 Å². The monoisotopic (exact) mass is 173 g/mol. The Bertz CT molecular complexity index is 316. The van der Waals surface area contributed by atoms with Crippen LogP contribution in [-0.4, -0.2) is 31.2 Å². The average molecular weight is 173 g/mol. The van der Waals surface area contributed by atoms with E-state index in [1.807, 2.05) is 0 Å². The fourth-order valence-corrected chi connectivity index (χ4v) is 0.819. The van der Waals surface area contributed by atoms with Crippen LogP contribution in [0.4, 0.5) is 0 Å². The largest absolute Gasteiger partial charge is 0.492 e. The number of aromatic hydroxyl groups is 2. The zero-order valence-electron chi connectivity index (χ0n) is 5.93. The Hall–Kier alpha value is -1.85. The van der Waals surface area contributed by atoms with Crippen LogP contribution in [0.2, 0.25) is 0 Å². The summed E-state index contributed by atoms with van der Waals surface area (Å²) in [5.74, 6) is -2.41. The van der Waals surface area contributed by atoms with Gasteiger partial charge in [-0.15, -0.1) is 4.73 Å². The van der Waals surface area contributed by atoms with E-state index in [1.165, 1.54) is 0 Å². The molecule has 0 unspecified atom stereocenters. The first-order chi connectivity index (χ1) is 5.52. The lowest BCUT2D eigenvalue weighted by Gasteiger charge is -1.95. The van der Waals surface area contributed by atoms with Gasteiger partial charge >= 0.3 is 5.97 Å². The van der Waals surface area contributed by atoms with Crippen LogP contribution in [0.15, 0.2) is 6.07 Å². The Kier molecular flexibility index (Phi) is 1.82. The first-order valence-electron chi connectivity index (χ1n) is 3.06. The SMILES string of the molecule is O=C(O)Cc1cc(O)n(O)c1O. The second kappa shape index (κ2) is 2.65. The quantitative estimate of drug-likeness (QED) is 0.462. The molecule has 1 aromatic heterocycles. The topological polar surface area (TPSA) is 103 Å². The number of aromatic nitrogens is 1. The number of aliphatic carboxylic acids is 1. The molecule has 66 valence electrons. The molecule has 1 heterocycles. The van der Waals surface area contributed by atoms with Crippen molar-refractivity contribution in [2.24, 2.45) is 0 Å². The molecule has 0 bridgehead atoms. The molecule has 0 spiro atoms. The molecule has 0 radical (unpaired) electrons. The van der Waals surface area contributed by atoms with Crippen molar-refractivity contribution in [3.8, 4) is 11.8 Å². The van der Waals surface area contributed by atoms with Gasteiger partial charge in [-0.1, -0.05) is 0 Å². The number of rotatable bonds is 2. The molecule has 6 heteroatoms. The maximum atomic E-state index is 10.2. The summed E-state index contributed by atoms with van der Waals surface area (Å²) in [5, 5.41) is 34.8. The van der Waals surface area contributed by atoms with Gasteiger partial charge in [0, 0.05) is 11.6 Å². The highest BCUT2D eigenvalue weighted by Crippen LogP contribution is 2.25. The van der Waals surface area contributed by atoms with Gasteiger partial charge in [0.1, 0.15) is 0 Å². The average Bonchev–Trinajstić information content (AvgIpc) is 2.17. The number of carbonyl (C=O) groups is 1. The minimum absolute atomic E-state index is 0.0394. The Balaban J connectivity index is 3.01. The van der Waals surface area contributed by atoms with Crippen molar-refractivity contribution in [1.82, 2.24) is 4.73 Å². The highest BCUT2D eigenvalue weighted by molar-refractivity contribution is 5.71. The lowest BCUT2D eigenvalue weighted by atomic mass is 10.2. The fourth-order valence-electron chi connectivity index (χ4n) is 0.819. The first kappa shape index (κ1) is 8.25. The van der Waals surface area contributed by atoms with Gasteiger partial charge in [0.25, 0.3) is 0 Å². The summed E-state index contributed by atoms with van der Waals surface area (Å²) in [4.78, 5) is 10.2. The second-order valence-electron chi connectivity index (χ2n) is 2.23. The van der Waals surface area contributed by atoms with Gasteiger partial charge in [-0.2, -0.15) is 0 Å². The standard InChI is InChI=1S/C6H7NO5/c8-4-1-3(2-5(9)10)6(11)7(4)12/h1,8,11-12H,2H2,(H,9,10). The van der Waals surface area contributed by atoms with Gasteiger partial charge in [0.2, 0.25) is 11.8 Å². The molecule has 0 aliphatic rings. The first-order valence-corrected chi connectivity index (χ1v) is 3.06. The van der Waals surface area contributed by atoms with Gasteiger partial charge in [-0.3, -0.25) is 4.79 Å². The van der Waals surface area contributed by atoms with E-state index in [-0.39, 0.29) is 10.3 Å². The maximum absolute atomic E-state index is 10.2. The molecule has 4 N–H and O–H groups in total. The smallest absolute Gasteiger partial charge is 0.308 e. The Morgan fingerprint density at radius 1 is 1.50 bits per heavy atom. The van der Waals surface area contributed by atoms with Crippen molar-refractivity contribution >= 4 is 5.97 Å². The Labute approximate surface area is 66.9 Å². The van der Waals surface area contributed by atoms with Crippen LogP contribution in [0.25, 0.3) is 0 Å². The molecular weight excluding hydrogens is 166 g/mol. The number of hydrogen-bond donors (Lipinski definition) is 4. The van der Waals surface area contributed by atoms with Crippen LogP contribution in [0.1, 0.15) is 5.56 Å². The van der Waals surface area contributed by atoms with Crippen molar-refractivity contribution in [3.63, 3.8) is 0 Å². The van der Waals surface area contributed by atoms with Crippen LogP contribution in [-0.2, 0) is 11.2 Å². The lowest BCUT2D eigenvalue weighted by Crippen LogP contribution is -1.99. The molecular formula is C6H7NO5. The second-order valence-corrected chi connectivity index (χ2v) is 2.23.